The number of amides is 1. The zero-order valence-corrected chi connectivity index (χ0v) is 24.8. The molecule has 5 rings (SSSR count). The van der Waals surface area contributed by atoms with E-state index in [2.05, 4.69) is 46.7 Å². The molecule has 2 aliphatic carbocycles. The van der Waals surface area contributed by atoms with Crippen LogP contribution in [0.3, 0.4) is 0 Å². The number of aryl methyl sites for hydroxylation is 2. The Hall–Kier alpha value is -3.07. The van der Waals surface area contributed by atoms with E-state index in [1.807, 2.05) is 31.2 Å². The Kier molecular flexibility index (Phi) is 8.64. The summed E-state index contributed by atoms with van der Waals surface area (Å²) in [4.78, 5) is 17.5. The third kappa shape index (κ3) is 6.88. The van der Waals surface area contributed by atoms with E-state index >= 15 is 0 Å². The minimum absolute atomic E-state index is 0.0475. The van der Waals surface area contributed by atoms with Gasteiger partial charge >= 0.3 is 0 Å². The molecule has 0 radical (unpaired) electrons. The minimum atomic E-state index is -3.12. The Morgan fingerprint density at radius 2 is 1.93 bits per heavy atom. The Labute approximate surface area is 243 Å². The Morgan fingerprint density at radius 1 is 1.12 bits per heavy atom. The highest BCUT2D eigenvalue weighted by Crippen LogP contribution is 2.53. The summed E-state index contributed by atoms with van der Waals surface area (Å²) in [6.07, 6.45) is 8.51. The molecule has 8 heteroatoms. The van der Waals surface area contributed by atoms with Gasteiger partial charge in [-0.05, 0) is 98.7 Å². The summed E-state index contributed by atoms with van der Waals surface area (Å²) in [5.74, 6) is 0.0265. The van der Waals surface area contributed by atoms with Crippen LogP contribution in [0.4, 0.5) is 5.69 Å². The predicted octanol–water partition coefficient (Wildman–Crippen LogP) is 5.05. The molecule has 3 atom stereocenters. The van der Waals surface area contributed by atoms with Crippen LogP contribution in [0.2, 0.25) is 0 Å². The Balaban J connectivity index is 1.43. The fourth-order valence-electron chi connectivity index (χ4n) is 6.82. The van der Waals surface area contributed by atoms with E-state index in [-0.39, 0.29) is 36.2 Å². The molecular formula is C33H40N2O5S. The van der Waals surface area contributed by atoms with Crippen LogP contribution in [0.1, 0.15) is 64.8 Å². The molecule has 2 N–H and O–H groups in total. The topological polar surface area (TPSA) is 106 Å². The smallest absolute Gasteiger partial charge is 0.255 e. The fraction of sp³-hybridized carbons (Fsp3) is 0.455. The van der Waals surface area contributed by atoms with Crippen molar-refractivity contribution in [2.75, 3.05) is 30.5 Å². The predicted molar refractivity (Wildman–Crippen MR) is 161 cm³/mol. The van der Waals surface area contributed by atoms with Crippen molar-refractivity contribution in [3.05, 3.63) is 94.8 Å². The molecule has 0 saturated heterocycles. The van der Waals surface area contributed by atoms with Gasteiger partial charge in [-0.3, -0.25) is 9.78 Å². The molecule has 0 aliphatic heterocycles. The third-order valence-electron chi connectivity index (χ3n) is 8.93. The highest BCUT2D eigenvalue weighted by molar-refractivity contribution is 7.90. The standard InChI is InChI=1S/C33H40N2O5S/c1-24-30(12-7-17-34-24)35-31(36)27-13-14-29-26(20-27)10-6-11-28-22-32(37,23-40-18-19-41(2,38)39)15-16-33(28,29)21-25-8-4-3-5-9-25/h3-5,7-9,12-14,17,20,28,37H,6,10-11,15-16,18-19,21-23H2,1-2H3,(H,35,36)/t28-,32+,33-/m1/s1. The van der Waals surface area contributed by atoms with E-state index in [9.17, 15) is 18.3 Å². The van der Waals surface area contributed by atoms with Crippen molar-refractivity contribution in [2.24, 2.45) is 5.92 Å². The number of rotatable bonds is 9. The number of carbonyl (C=O) groups excluding carboxylic acids is 1. The van der Waals surface area contributed by atoms with Gasteiger partial charge in [0.1, 0.15) is 9.84 Å². The monoisotopic (exact) mass is 576 g/mol. The zero-order valence-electron chi connectivity index (χ0n) is 23.9. The number of carbonyl (C=O) groups is 1. The number of aliphatic hydroxyl groups is 1. The maximum Gasteiger partial charge on any atom is 0.255 e. The molecule has 218 valence electrons. The van der Waals surface area contributed by atoms with Crippen LogP contribution in [0, 0.1) is 12.8 Å². The summed E-state index contributed by atoms with van der Waals surface area (Å²) in [7, 11) is -3.12. The first-order valence-electron chi connectivity index (χ1n) is 14.5. The highest BCUT2D eigenvalue weighted by Gasteiger charge is 2.50. The number of benzene rings is 2. The van der Waals surface area contributed by atoms with E-state index in [4.69, 9.17) is 4.74 Å². The molecule has 41 heavy (non-hydrogen) atoms. The molecule has 1 heterocycles. The van der Waals surface area contributed by atoms with Gasteiger partial charge in [0.25, 0.3) is 5.91 Å². The van der Waals surface area contributed by atoms with E-state index in [1.54, 1.807) is 6.20 Å². The van der Waals surface area contributed by atoms with Gasteiger partial charge in [0.2, 0.25) is 0 Å². The lowest BCUT2D eigenvalue weighted by Gasteiger charge is -2.50. The summed E-state index contributed by atoms with van der Waals surface area (Å²) in [6.45, 7) is 2.11. The lowest BCUT2D eigenvalue weighted by Crippen LogP contribution is -2.51. The summed E-state index contributed by atoms with van der Waals surface area (Å²) < 4.78 is 28.8. The van der Waals surface area contributed by atoms with Gasteiger partial charge in [0.05, 0.1) is 35.9 Å². The molecule has 1 saturated carbocycles. The SMILES string of the molecule is Cc1ncccc1NC(=O)c1ccc2c(c1)CCC[C@@H]1C[C@](O)(COCCS(C)(=O)=O)CC[C@]21Cc1ccccc1. The van der Waals surface area contributed by atoms with Crippen molar-refractivity contribution in [3.8, 4) is 0 Å². The van der Waals surface area contributed by atoms with Crippen LogP contribution in [0.25, 0.3) is 0 Å². The van der Waals surface area contributed by atoms with E-state index in [0.717, 1.165) is 37.8 Å². The van der Waals surface area contributed by atoms with Crippen LogP contribution >= 0.6 is 0 Å². The molecule has 7 nitrogen and oxygen atoms in total. The number of hydrogen-bond acceptors (Lipinski definition) is 6. The molecule has 1 aromatic heterocycles. The van der Waals surface area contributed by atoms with Crippen molar-refractivity contribution in [1.29, 1.82) is 0 Å². The Morgan fingerprint density at radius 3 is 2.68 bits per heavy atom. The van der Waals surface area contributed by atoms with Crippen LogP contribution in [-0.2, 0) is 32.8 Å². The first kappa shape index (κ1) is 29.4. The second kappa shape index (κ2) is 12.0. The number of aromatic nitrogens is 1. The van der Waals surface area contributed by atoms with Crippen molar-refractivity contribution in [1.82, 2.24) is 4.98 Å². The quantitative estimate of drug-likeness (QED) is 0.346. The first-order valence-corrected chi connectivity index (χ1v) is 16.5. The average molecular weight is 577 g/mol. The number of pyridine rings is 1. The maximum absolute atomic E-state index is 13.2. The van der Waals surface area contributed by atoms with Crippen molar-refractivity contribution >= 4 is 21.4 Å². The normalized spacial score (nSPS) is 24.1. The average Bonchev–Trinajstić information content (AvgIpc) is 3.08. The molecule has 1 amide bonds. The third-order valence-corrected chi connectivity index (χ3v) is 9.84. The van der Waals surface area contributed by atoms with Crippen molar-refractivity contribution in [2.45, 2.75) is 62.9 Å². The van der Waals surface area contributed by atoms with Gasteiger partial charge in [0.15, 0.2) is 0 Å². The molecule has 2 aliphatic rings. The lowest BCUT2D eigenvalue weighted by atomic mass is 9.56. The zero-order chi connectivity index (χ0) is 29.1. The van der Waals surface area contributed by atoms with Crippen LogP contribution in [0.5, 0.6) is 0 Å². The minimum Gasteiger partial charge on any atom is -0.387 e. The number of anilines is 1. The van der Waals surface area contributed by atoms with Crippen LogP contribution < -0.4 is 5.32 Å². The van der Waals surface area contributed by atoms with Gasteiger partial charge in [-0.1, -0.05) is 36.4 Å². The number of nitrogens with one attached hydrogen (secondary N) is 1. The van der Waals surface area contributed by atoms with Crippen molar-refractivity contribution < 1.29 is 23.1 Å². The molecule has 2 aromatic carbocycles. The number of ether oxygens (including phenoxy) is 1. The maximum atomic E-state index is 13.2. The van der Waals surface area contributed by atoms with E-state index < -0.39 is 15.4 Å². The molecular weight excluding hydrogens is 536 g/mol. The van der Waals surface area contributed by atoms with Gasteiger partial charge in [0, 0.05) is 23.4 Å². The van der Waals surface area contributed by atoms with E-state index in [1.165, 1.54) is 22.9 Å². The van der Waals surface area contributed by atoms with Gasteiger partial charge < -0.3 is 15.2 Å². The molecule has 0 bridgehead atoms. The first-order chi connectivity index (χ1) is 19.6. The van der Waals surface area contributed by atoms with E-state index in [0.29, 0.717) is 24.1 Å². The van der Waals surface area contributed by atoms with Gasteiger partial charge in [-0.2, -0.15) is 0 Å². The largest absolute Gasteiger partial charge is 0.387 e. The van der Waals surface area contributed by atoms with Crippen LogP contribution in [-0.4, -0.2) is 55.2 Å². The highest BCUT2D eigenvalue weighted by atomic mass is 32.2. The van der Waals surface area contributed by atoms with Crippen molar-refractivity contribution in [3.63, 3.8) is 0 Å². The van der Waals surface area contributed by atoms with Crippen LogP contribution in [0.15, 0.2) is 66.9 Å². The van der Waals surface area contributed by atoms with Gasteiger partial charge in [-0.25, -0.2) is 8.42 Å². The summed E-state index contributed by atoms with van der Waals surface area (Å²) in [5, 5.41) is 14.6. The summed E-state index contributed by atoms with van der Waals surface area (Å²) in [6, 6.07) is 20.3. The molecule has 3 aromatic rings. The molecule has 0 unspecified atom stereocenters. The number of fused-ring (bicyclic) bond motifs is 3. The fourth-order valence-corrected chi connectivity index (χ4v) is 7.24. The number of sulfone groups is 1. The molecule has 0 spiro atoms. The summed E-state index contributed by atoms with van der Waals surface area (Å²) >= 11 is 0. The molecule has 1 fully saturated rings. The second-order valence-electron chi connectivity index (χ2n) is 12.0. The lowest BCUT2D eigenvalue weighted by molar-refractivity contribution is -0.0968. The number of hydrogen-bond donors (Lipinski definition) is 2. The second-order valence-corrected chi connectivity index (χ2v) is 14.2. The number of nitrogens with zero attached hydrogens (tertiary/aromatic N) is 1. The Bertz CT molecular complexity index is 1490. The summed E-state index contributed by atoms with van der Waals surface area (Å²) in [5.41, 5.74) is 4.68. The van der Waals surface area contributed by atoms with Gasteiger partial charge in [-0.15, -0.1) is 0 Å².